The monoisotopic (exact) mass is 490 g/mol. The van der Waals surface area contributed by atoms with Gasteiger partial charge in [-0.3, -0.25) is 4.79 Å². The van der Waals surface area contributed by atoms with E-state index in [4.69, 9.17) is 21.1 Å². The number of carbonyl (C=O) groups excluding carboxylic acids is 1. The molecule has 3 rings (SSSR count). The molecule has 7 heteroatoms. The summed E-state index contributed by atoms with van der Waals surface area (Å²) in [7, 11) is 0. The van der Waals surface area contributed by atoms with E-state index in [1.54, 1.807) is 6.08 Å². The molecule has 0 aromatic heterocycles. The molecule has 0 fully saturated rings. The summed E-state index contributed by atoms with van der Waals surface area (Å²) in [6, 6.07) is 15.1. The SMILES string of the molecule is C=CCOC(CN1C=CN(CC(=O)COc2ccc(Br)cc2)C1)c1ccccc1Cl. The third-order valence-electron chi connectivity index (χ3n) is 4.51. The molecule has 30 heavy (non-hydrogen) atoms. The molecule has 1 heterocycles. The van der Waals surface area contributed by atoms with Crippen molar-refractivity contribution >= 4 is 33.3 Å². The van der Waals surface area contributed by atoms with Crippen LogP contribution in [-0.4, -0.2) is 48.6 Å². The number of carbonyl (C=O) groups is 1. The second-order valence-corrected chi connectivity index (χ2v) is 8.19. The van der Waals surface area contributed by atoms with Crippen LogP contribution < -0.4 is 4.74 Å². The highest BCUT2D eigenvalue weighted by Crippen LogP contribution is 2.27. The highest BCUT2D eigenvalue weighted by atomic mass is 79.9. The number of nitrogens with zero attached hydrogens (tertiary/aromatic N) is 2. The number of rotatable bonds is 11. The number of hydrogen-bond acceptors (Lipinski definition) is 5. The van der Waals surface area contributed by atoms with Crippen molar-refractivity contribution in [3.8, 4) is 5.75 Å². The molecule has 0 saturated heterocycles. The van der Waals surface area contributed by atoms with Crippen molar-refractivity contribution in [2.75, 3.05) is 33.0 Å². The van der Waals surface area contributed by atoms with Gasteiger partial charge in [-0.2, -0.15) is 0 Å². The first kappa shape index (κ1) is 22.4. The van der Waals surface area contributed by atoms with E-state index in [1.165, 1.54) is 0 Å². The highest BCUT2D eigenvalue weighted by molar-refractivity contribution is 9.10. The van der Waals surface area contributed by atoms with Gasteiger partial charge in [0.05, 0.1) is 19.8 Å². The molecule has 2 aromatic rings. The quantitative estimate of drug-likeness (QED) is 0.412. The minimum Gasteiger partial charge on any atom is -0.486 e. The zero-order valence-electron chi connectivity index (χ0n) is 16.5. The second-order valence-electron chi connectivity index (χ2n) is 6.87. The highest BCUT2D eigenvalue weighted by Gasteiger charge is 2.22. The van der Waals surface area contributed by atoms with Gasteiger partial charge in [0, 0.05) is 34.0 Å². The molecule has 0 bridgehead atoms. The van der Waals surface area contributed by atoms with Gasteiger partial charge in [0.2, 0.25) is 0 Å². The Morgan fingerprint density at radius 3 is 2.63 bits per heavy atom. The summed E-state index contributed by atoms with van der Waals surface area (Å²) in [5, 5.41) is 0.673. The summed E-state index contributed by atoms with van der Waals surface area (Å²) in [4.78, 5) is 16.3. The van der Waals surface area contributed by atoms with Gasteiger partial charge in [0.25, 0.3) is 0 Å². The minimum absolute atomic E-state index is 0.00924. The maximum atomic E-state index is 12.3. The Bertz CT molecular complexity index is 888. The summed E-state index contributed by atoms with van der Waals surface area (Å²) < 4.78 is 12.5. The standard InChI is InChI=1S/C23H24BrClN2O3/c1-2-13-29-23(21-5-3-4-6-22(21)25)15-27-12-11-26(17-27)14-19(28)16-30-20-9-7-18(24)8-10-20/h2-12,23H,1,13-17H2. The molecule has 0 aliphatic carbocycles. The molecule has 0 saturated carbocycles. The van der Waals surface area contributed by atoms with Crippen molar-refractivity contribution < 1.29 is 14.3 Å². The fraction of sp³-hybridized carbons (Fsp3) is 0.261. The van der Waals surface area contributed by atoms with Gasteiger partial charge in [-0.25, -0.2) is 0 Å². The van der Waals surface area contributed by atoms with Gasteiger partial charge in [0.15, 0.2) is 5.78 Å². The Hall–Kier alpha value is -2.28. The number of ketones is 1. The number of halogens is 2. The Balaban J connectivity index is 1.49. The van der Waals surface area contributed by atoms with E-state index in [0.717, 1.165) is 10.0 Å². The molecule has 1 aliphatic rings. The van der Waals surface area contributed by atoms with E-state index in [0.29, 0.717) is 30.6 Å². The molecule has 0 N–H and O–H groups in total. The first-order valence-corrected chi connectivity index (χ1v) is 10.8. The van der Waals surface area contributed by atoms with E-state index in [-0.39, 0.29) is 25.0 Å². The van der Waals surface area contributed by atoms with Crippen LogP contribution in [0, 0.1) is 0 Å². The first-order valence-electron chi connectivity index (χ1n) is 9.58. The average molecular weight is 492 g/mol. The summed E-state index contributed by atoms with van der Waals surface area (Å²) in [6.45, 7) is 5.70. The van der Waals surface area contributed by atoms with E-state index in [1.807, 2.05) is 65.8 Å². The van der Waals surface area contributed by atoms with E-state index >= 15 is 0 Å². The second kappa shape index (κ2) is 11.2. The van der Waals surface area contributed by atoms with Crippen LogP contribution in [0.1, 0.15) is 11.7 Å². The number of Topliss-reactive ketones (excluding diaryl/α,β-unsaturated/α-hetero) is 1. The molecular weight excluding hydrogens is 468 g/mol. The predicted molar refractivity (Wildman–Crippen MR) is 122 cm³/mol. The normalized spacial score (nSPS) is 14.1. The fourth-order valence-corrected chi connectivity index (χ4v) is 3.60. The van der Waals surface area contributed by atoms with Crippen molar-refractivity contribution in [3.63, 3.8) is 0 Å². The molecule has 1 atom stereocenters. The third kappa shape index (κ3) is 6.62. The Kier molecular flexibility index (Phi) is 8.37. The molecule has 0 spiro atoms. The third-order valence-corrected chi connectivity index (χ3v) is 5.39. The lowest BCUT2D eigenvalue weighted by Crippen LogP contribution is -2.33. The van der Waals surface area contributed by atoms with Gasteiger partial charge in [0.1, 0.15) is 18.5 Å². The van der Waals surface area contributed by atoms with Crippen LogP contribution in [0.25, 0.3) is 0 Å². The largest absolute Gasteiger partial charge is 0.486 e. The molecule has 0 amide bonds. The van der Waals surface area contributed by atoms with E-state index in [9.17, 15) is 4.79 Å². The van der Waals surface area contributed by atoms with Gasteiger partial charge >= 0.3 is 0 Å². The maximum Gasteiger partial charge on any atom is 0.189 e. The number of benzene rings is 2. The van der Waals surface area contributed by atoms with Crippen molar-refractivity contribution in [1.82, 2.24) is 9.80 Å². The van der Waals surface area contributed by atoms with Crippen molar-refractivity contribution in [2.24, 2.45) is 0 Å². The number of ether oxygens (including phenoxy) is 2. The zero-order valence-corrected chi connectivity index (χ0v) is 18.9. The van der Waals surface area contributed by atoms with Crippen molar-refractivity contribution in [3.05, 3.63) is 88.6 Å². The Labute approximate surface area is 190 Å². The van der Waals surface area contributed by atoms with Crippen molar-refractivity contribution in [1.29, 1.82) is 0 Å². The van der Waals surface area contributed by atoms with Gasteiger partial charge in [-0.05, 0) is 30.3 Å². The van der Waals surface area contributed by atoms with E-state index in [2.05, 4.69) is 27.4 Å². The molecule has 158 valence electrons. The van der Waals surface area contributed by atoms with Crippen LogP contribution in [0.5, 0.6) is 5.75 Å². The number of hydrogen-bond donors (Lipinski definition) is 0. The molecular formula is C23H24BrClN2O3. The van der Waals surface area contributed by atoms with Crippen molar-refractivity contribution in [2.45, 2.75) is 6.10 Å². The first-order chi connectivity index (χ1) is 14.5. The van der Waals surface area contributed by atoms with Gasteiger partial charge < -0.3 is 19.3 Å². The van der Waals surface area contributed by atoms with Gasteiger partial charge in [-0.15, -0.1) is 6.58 Å². The van der Waals surface area contributed by atoms with E-state index < -0.39 is 0 Å². The average Bonchev–Trinajstić information content (AvgIpc) is 3.18. The summed E-state index contributed by atoms with van der Waals surface area (Å²) in [5.41, 5.74) is 0.937. The van der Waals surface area contributed by atoms with Crippen LogP contribution >= 0.6 is 27.5 Å². The van der Waals surface area contributed by atoms with Gasteiger partial charge in [-0.1, -0.05) is 51.8 Å². The zero-order chi connectivity index (χ0) is 21.3. The predicted octanol–water partition coefficient (Wildman–Crippen LogP) is 5.04. The van der Waals surface area contributed by atoms with Crippen LogP contribution in [0.4, 0.5) is 0 Å². The van der Waals surface area contributed by atoms with Crippen LogP contribution in [-0.2, 0) is 9.53 Å². The molecule has 0 radical (unpaired) electrons. The fourth-order valence-electron chi connectivity index (χ4n) is 3.08. The Morgan fingerprint density at radius 2 is 1.90 bits per heavy atom. The molecule has 1 unspecified atom stereocenters. The lowest BCUT2D eigenvalue weighted by atomic mass is 10.1. The lowest BCUT2D eigenvalue weighted by Gasteiger charge is -2.26. The molecule has 1 aliphatic heterocycles. The smallest absolute Gasteiger partial charge is 0.189 e. The lowest BCUT2D eigenvalue weighted by molar-refractivity contribution is -0.121. The topological polar surface area (TPSA) is 42.0 Å². The summed E-state index contributed by atoms with van der Waals surface area (Å²) >= 11 is 9.74. The summed E-state index contributed by atoms with van der Waals surface area (Å²) in [5.74, 6) is 0.682. The van der Waals surface area contributed by atoms with Crippen LogP contribution in [0.15, 0.2) is 78.1 Å². The van der Waals surface area contributed by atoms with Crippen LogP contribution in [0.3, 0.4) is 0 Å². The summed E-state index contributed by atoms with van der Waals surface area (Å²) in [6.07, 6.45) is 5.40. The minimum atomic E-state index is -0.197. The molecule has 2 aromatic carbocycles. The van der Waals surface area contributed by atoms with Crippen LogP contribution in [0.2, 0.25) is 5.02 Å². The molecule has 5 nitrogen and oxygen atoms in total. The Morgan fingerprint density at radius 1 is 1.17 bits per heavy atom. The maximum absolute atomic E-state index is 12.3.